The minimum Gasteiger partial charge on any atom is -0.458 e. The van der Waals surface area contributed by atoms with Gasteiger partial charge in [-0.05, 0) is 19.3 Å². The van der Waals surface area contributed by atoms with Gasteiger partial charge in [-0.25, -0.2) is 0 Å². The molecule has 0 amide bonds. The number of carbonyl (C=O) groups is 2. The van der Waals surface area contributed by atoms with Crippen molar-refractivity contribution in [3.63, 3.8) is 0 Å². The average molecular weight is 172 g/mol. The van der Waals surface area contributed by atoms with Crippen LogP contribution in [0, 0.1) is 5.92 Å². The molecule has 0 spiro atoms. The van der Waals surface area contributed by atoms with Crippen LogP contribution >= 0.6 is 0 Å². The summed E-state index contributed by atoms with van der Waals surface area (Å²) in [5.74, 6) is 0.0988. The number of carbonyl (C=O) groups excluding carboxylic acids is 2. The van der Waals surface area contributed by atoms with Crippen LogP contribution in [0.2, 0.25) is 0 Å². The van der Waals surface area contributed by atoms with Gasteiger partial charge in [0.25, 0.3) is 0 Å². The molecule has 0 atom stereocenters. The zero-order valence-corrected chi connectivity index (χ0v) is 7.92. The summed E-state index contributed by atoms with van der Waals surface area (Å²) >= 11 is 0. The summed E-state index contributed by atoms with van der Waals surface area (Å²) in [6.45, 7) is 5.39. The number of hydrogen-bond donors (Lipinski definition) is 0. The molecule has 0 aliphatic carbocycles. The molecule has 0 saturated carbocycles. The summed E-state index contributed by atoms with van der Waals surface area (Å²) in [5.41, 5.74) is 0. The number of ketones is 1. The van der Waals surface area contributed by atoms with Crippen LogP contribution in [0.1, 0.15) is 33.6 Å². The Labute approximate surface area is 73.1 Å². The largest absolute Gasteiger partial charge is 0.458 e. The lowest BCUT2D eigenvalue weighted by Crippen LogP contribution is -2.11. The molecule has 3 heteroatoms. The van der Waals surface area contributed by atoms with Crippen LogP contribution in [0.4, 0.5) is 0 Å². The average Bonchev–Trinajstić information content (AvgIpc) is 1.96. The molecular weight excluding hydrogens is 156 g/mol. The van der Waals surface area contributed by atoms with E-state index >= 15 is 0 Å². The van der Waals surface area contributed by atoms with Crippen molar-refractivity contribution in [1.29, 1.82) is 0 Å². The monoisotopic (exact) mass is 172 g/mol. The van der Waals surface area contributed by atoms with Crippen molar-refractivity contribution >= 4 is 11.8 Å². The van der Waals surface area contributed by atoms with E-state index in [1.54, 1.807) is 0 Å². The SMILES string of the molecule is CC(=O)COC(=O)CCC(C)C. The predicted molar refractivity (Wildman–Crippen MR) is 45.7 cm³/mol. The minimum atomic E-state index is -0.279. The van der Waals surface area contributed by atoms with Gasteiger partial charge in [0.2, 0.25) is 0 Å². The number of rotatable bonds is 5. The van der Waals surface area contributed by atoms with Crippen LogP contribution in [0.5, 0.6) is 0 Å². The molecule has 12 heavy (non-hydrogen) atoms. The summed E-state index contributed by atoms with van der Waals surface area (Å²) in [6, 6.07) is 0. The van der Waals surface area contributed by atoms with Crippen LogP contribution in [-0.4, -0.2) is 18.4 Å². The number of esters is 1. The molecule has 0 N–H and O–H groups in total. The molecule has 0 aliphatic rings. The van der Waals surface area contributed by atoms with Crippen molar-refractivity contribution in [3.8, 4) is 0 Å². The third kappa shape index (κ3) is 7.25. The first kappa shape index (κ1) is 11.1. The van der Waals surface area contributed by atoms with Gasteiger partial charge in [0, 0.05) is 6.42 Å². The summed E-state index contributed by atoms with van der Waals surface area (Å²) in [5, 5.41) is 0. The summed E-state index contributed by atoms with van der Waals surface area (Å²) in [6.07, 6.45) is 1.22. The number of hydrogen-bond acceptors (Lipinski definition) is 3. The predicted octanol–water partition coefficient (Wildman–Crippen LogP) is 1.55. The Kier molecular flexibility index (Phi) is 5.34. The lowest BCUT2D eigenvalue weighted by atomic mass is 10.1. The van der Waals surface area contributed by atoms with Crippen LogP contribution in [0.15, 0.2) is 0 Å². The Balaban J connectivity index is 3.40. The van der Waals surface area contributed by atoms with Crippen LogP contribution in [0.25, 0.3) is 0 Å². The highest BCUT2D eigenvalue weighted by Crippen LogP contribution is 2.04. The topological polar surface area (TPSA) is 43.4 Å². The standard InChI is InChI=1S/C9H16O3/c1-7(2)4-5-9(11)12-6-8(3)10/h7H,4-6H2,1-3H3. The summed E-state index contributed by atoms with van der Waals surface area (Å²) < 4.78 is 4.67. The van der Waals surface area contributed by atoms with E-state index < -0.39 is 0 Å². The molecule has 0 aromatic heterocycles. The first-order valence-electron chi connectivity index (χ1n) is 4.17. The molecule has 0 fully saturated rings. The lowest BCUT2D eigenvalue weighted by molar-refractivity contribution is -0.147. The van der Waals surface area contributed by atoms with Crippen LogP contribution < -0.4 is 0 Å². The Bertz CT molecular complexity index is 161. The normalized spacial score (nSPS) is 10.0. The second-order valence-electron chi connectivity index (χ2n) is 3.30. The van der Waals surface area contributed by atoms with E-state index in [9.17, 15) is 9.59 Å². The molecule has 0 saturated heterocycles. The van der Waals surface area contributed by atoms with Crippen molar-refractivity contribution in [2.75, 3.05) is 6.61 Å². The highest BCUT2D eigenvalue weighted by atomic mass is 16.5. The third-order valence-electron chi connectivity index (χ3n) is 1.36. The minimum absolute atomic E-state index is 0.0864. The molecular formula is C9H16O3. The van der Waals surface area contributed by atoms with Gasteiger partial charge in [-0.2, -0.15) is 0 Å². The molecule has 0 aliphatic heterocycles. The fraction of sp³-hybridized carbons (Fsp3) is 0.778. The van der Waals surface area contributed by atoms with E-state index in [1.807, 2.05) is 13.8 Å². The maximum Gasteiger partial charge on any atom is 0.306 e. The zero-order valence-electron chi connectivity index (χ0n) is 7.92. The first-order chi connectivity index (χ1) is 5.52. The molecule has 0 bridgehead atoms. The fourth-order valence-corrected chi connectivity index (χ4v) is 0.661. The summed E-state index contributed by atoms with van der Waals surface area (Å²) in [4.78, 5) is 21.3. The highest BCUT2D eigenvalue weighted by Gasteiger charge is 2.05. The van der Waals surface area contributed by atoms with E-state index in [1.165, 1.54) is 6.92 Å². The van der Waals surface area contributed by atoms with E-state index in [4.69, 9.17) is 0 Å². The quantitative estimate of drug-likeness (QED) is 0.591. The van der Waals surface area contributed by atoms with E-state index in [-0.39, 0.29) is 18.4 Å². The van der Waals surface area contributed by atoms with E-state index in [2.05, 4.69) is 4.74 Å². The lowest BCUT2D eigenvalue weighted by Gasteiger charge is -2.03. The molecule has 0 rings (SSSR count). The van der Waals surface area contributed by atoms with Gasteiger partial charge in [0.1, 0.15) is 6.61 Å². The Morgan fingerprint density at radius 1 is 1.33 bits per heavy atom. The first-order valence-corrected chi connectivity index (χ1v) is 4.17. The Hall–Kier alpha value is -0.860. The molecule has 0 aromatic carbocycles. The maximum atomic E-state index is 10.9. The molecule has 0 unspecified atom stereocenters. The van der Waals surface area contributed by atoms with Gasteiger partial charge in [0.05, 0.1) is 0 Å². The highest BCUT2D eigenvalue weighted by molar-refractivity contribution is 5.80. The Morgan fingerprint density at radius 3 is 2.33 bits per heavy atom. The number of Topliss-reactive ketones (excluding diaryl/α,β-unsaturated/α-hetero) is 1. The van der Waals surface area contributed by atoms with Gasteiger partial charge >= 0.3 is 5.97 Å². The van der Waals surface area contributed by atoms with Gasteiger partial charge in [-0.3, -0.25) is 9.59 Å². The second kappa shape index (κ2) is 5.75. The zero-order chi connectivity index (χ0) is 9.56. The summed E-state index contributed by atoms with van der Waals surface area (Å²) in [7, 11) is 0. The molecule has 0 aromatic rings. The Morgan fingerprint density at radius 2 is 1.92 bits per heavy atom. The van der Waals surface area contributed by atoms with Crippen molar-refractivity contribution in [2.45, 2.75) is 33.6 Å². The second-order valence-corrected chi connectivity index (χ2v) is 3.30. The smallest absolute Gasteiger partial charge is 0.306 e. The molecule has 3 nitrogen and oxygen atoms in total. The van der Waals surface area contributed by atoms with Gasteiger partial charge in [-0.1, -0.05) is 13.8 Å². The van der Waals surface area contributed by atoms with Crippen molar-refractivity contribution in [2.24, 2.45) is 5.92 Å². The van der Waals surface area contributed by atoms with Crippen molar-refractivity contribution in [1.82, 2.24) is 0 Å². The van der Waals surface area contributed by atoms with Gasteiger partial charge < -0.3 is 4.74 Å². The van der Waals surface area contributed by atoms with E-state index in [0.717, 1.165) is 6.42 Å². The van der Waals surface area contributed by atoms with Gasteiger partial charge in [-0.15, -0.1) is 0 Å². The van der Waals surface area contributed by atoms with Crippen molar-refractivity contribution in [3.05, 3.63) is 0 Å². The van der Waals surface area contributed by atoms with E-state index in [0.29, 0.717) is 12.3 Å². The molecule has 0 radical (unpaired) electrons. The van der Waals surface area contributed by atoms with Crippen LogP contribution in [-0.2, 0) is 14.3 Å². The maximum absolute atomic E-state index is 10.9. The van der Waals surface area contributed by atoms with Crippen LogP contribution in [0.3, 0.4) is 0 Å². The number of ether oxygens (including phenoxy) is 1. The van der Waals surface area contributed by atoms with Crippen molar-refractivity contribution < 1.29 is 14.3 Å². The fourth-order valence-electron chi connectivity index (χ4n) is 0.661. The molecule has 70 valence electrons. The third-order valence-corrected chi connectivity index (χ3v) is 1.36. The van der Waals surface area contributed by atoms with Gasteiger partial charge in [0.15, 0.2) is 5.78 Å². The molecule has 0 heterocycles.